The first-order valence-corrected chi connectivity index (χ1v) is 5.01. The number of nitrogens with one attached hydrogen (secondary N) is 1. The molecule has 0 aromatic heterocycles. The van der Waals surface area contributed by atoms with E-state index in [1.807, 2.05) is 0 Å². The van der Waals surface area contributed by atoms with E-state index in [-0.39, 0.29) is 24.4 Å². The Labute approximate surface area is 93.6 Å². The third kappa shape index (κ3) is 4.27. The number of hydrogen-bond donors (Lipinski definition) is 2. The molecular weight excluding hydrogens is 211 g/mol. The number of halogens is 1. The summed E-state index contributed by atoms with van der Waals surface area (Å²) in [5.41, 5.74) is 5.13. The van der Waals surface area contributed by atoms with Gasteiger partial charge in [-0.15, -0.1) is 0 Å². The van der Waals surface area contributed by atoms with Crippen LogP contribution in [0, 0.1) is 5.82 Å². The standard InChI is InChI=1S/C11H15FN2O2/c1-8(7-14-11(15)6-13)16-10-4-2-9(12)3-5-10/h2-5,8H,6-7,13H2,1H3,(H,14,15). The summed E-state index contributed by atoms with van der Waals surface area (Å²) < 4.78 is 18.0. The van der Waals surface area contributed by atoms with Gasteiger partial charge in [-0.3, -0.25) is 4.79 Å². The van der Waals surface area contributed by atoms with Gasteiger partial charge in [0.05, 0.1) is 13.1 Å². The zero-order valence-corrected chi connectivity index (χ0v) is 9.07. The van der Waals surface area contributed by atoms with Crippen molar-refractivity contribution in [1.29, 1.82) is 0 Å². The van der Waals surface area contributed by atoms with E-state index in [1.54, 1.807) is 6.92 Å². The lowest BCUT2D eigenvalue weighted by molar-refractivity contribution is -0.120. The lowest BCUT2D eigenvalue weighted by atomic mass is 10.3. The van der Waals surface area contributed by atoms with Gasteiger partial charge in [0.15, 0.2) is 0 Å². The van der Waals surface area contributed by atoms with Gasteiger partial charge in [0.2, 0.25) is 5.91 Å². The SMILES string of the molecule is CC(CNC(=O)CN)Oc1ccc(F)cc1. The van der Waals surface area contributed by atoms with Crippen LogP contribution in [0.5, 0.6) is 5.75 Å². The van der Waals surface area contributed by atoms with E-state index < -0.39 is 0 Å². The van der Waals surface area contributed by atoms with Gasteiger partial charge in [-0.2, -0.15) is 0 Å². The number of benzene rings is 1. The number of carbonyl (C=O) groups is 1. The van der Waals surface area contributed by atoms with Crippen molar-refractivity contribution in [2.24, 2.45) is 5.73 Å². The monoisotopic (exact) mass is 226 g/mol. The lowest BCUT2D eigenvalue weighted by Gasteiger charge is -2.15. The second-order valence-corrected chi connectivity index (χ2v) is 3.39. The molecule has 0 aliphatic rings. The molecule has 0 radical (unpaired) electrons. The van der Waals surface area contributed by atoms with E-state index >= 15 is 0 Å². The highest BCUT2D eigenvalue weighted by atomic mass is 19.1. The first-order valence-electron chi connectivity index (χ1n) is 5.01. The molecule has 3 N–H and O–H groups in total. The number of amides is 1. The van der Waals surface area contributed by atoms with Gasteiger partial charge in [-0.25, -0.2) is 4.39 Å². The van der Waals surface area contributed by atoms with E-state index in [4.69, 9.17) is 10.5 Å². The summed E-state index contributed by atoms with van der Waals surface area (Å²) in [5.74, 6) is 0.0295. The predicted molar refractivity (Wildman–Crippen MR) is 58.6 cm³/mol. The molecule has 4 nitrogen and oxygen atoms in total. The first kappa shape index (κ1) is 12.4. The molecule has 0 saturated carbocycles. The Bertz CT molecular complexity index is 340. The molecule has 1 aromatic carbocycles. The fourth-order valence-electron chi connectivity index (χ4n) is 1.12. The van der Waals surface area contributed by atoms with Gasteiger partial charge in [0, 0.05) is 0 Å². The summed E-state index contributed by atoms with van der Waals surface area (Å²) in [4.78, 5) is 10.9. The second kappa shape index (κ2) is 6.07. The molecule has 0 bridgehead atoms. The Morgan fingerprint density at radius 1 is 1.50 bits per heavy atom. The lowest BCUT2D eigenvalue weighted by Crippen LogP contribution is -2.37. The van der Waals surface area contributed by atoms with Crippen LogP contribution in [0.1, 0.15) is 6.92 Å². The van der Waals surface area contributed by atoms with Gasteiger partial charge in [0.25, 0.3) is 0 Å². The van der Waals surface area contributed by atoms with E-state index in [1.165, 1.54) is 24.3 Å². The van der Waals surface area contributed by atoms with Gasteiger partial charge >= 0.3 is 0 Å². The minimum Gasteiger partial charge on any atom is -0.489 e. The second-order valence-electron chi connectivity index (χ2n) is 3.39. The molecule has 0 heterocycles. The number of ether oxygens (including phenoxy) is 1. The number of carbonyl (C=O) groups excluding carboxylic acids is 1. The van der Waals surface area contributed by atoms with Crippen LogP contribution in [-0.4, -0.2) is 25.1 Å². The Morgan fingerprint density at radius 2 is 2.12 bits per heavy atom. The number of hydrogen-bond acceptors (Lipinski definition) is 3. The minimum atomic E-state index is -0.309. The number of nitrogens with two attached hydrogens (primary N) is 1. The zero-order valence-electron chi connectivity index (χ0n) is 9.07. The molecule has 5 heteroatoms. The molecule has 0 aliphatic heterocycles. The molecule has 1 atom stereocenters. The Morgan fingerprint density at radius 3 is 2.69 bits per heavy atom. The average Bonchev–Trinajstić information content (AvgIpc) is 2.29. The maximum absolute atomic E-state index is 12.6. The van der Waals surface area contributed by atoms with Crippen molar-refractivity contribution < 1.29 is 13.9 Å². The van der Waals surface area contributed by atoms with Gasteiger partial charge in [-0.1, -0.05) is 0 Å². The highest BCUT2D eigenvalue weighted by Gasteiger charge is 2.05. The third-order valence-electron chi connectivity index (χ3n) is 1.92. The Balaban J connectivity index is 2.36. The van der Waals surface area contributed by atoms with Crippen molar-refractivity contribution in [3.05, 3.63) is 30.1 Å². The quantitative estimate of drug-likeness (QED) is 0.775. The first-order chi connectivity index (χ1) is 7.61. The average molecular weight is 226 g/mol. The van der Waals surface area contributed by atoms with Gasteiger partial charge in [-0.05, 0) is 31.2 Å². The van der Waals surface area contributed by atoms with Crippen LogP contribution >= 0.6 is 0 Å². The minimum absolute atomic E-state index is 0.0384. The van der Waals surface area contributed by atoms with Crippen molar-refractivity contribution >= 4 is 5.91 Å². The normalized spacial score (nSPS) is 11.9. The summed E-state index contributed by atoms with van der Waals surface area (Å²) in [5, 5.41) is 2.60. The highest BCUT2D eigenvalue weighted by molar-refractivity contribution is 5.77. The van der Waals surface area contributed by atoms with Crippen molar-refractivity contribution in [2.45, 2.75) is 13.0 Å². The summed E-state index contributed by atoms with van der Waals surface area (Å²) >= 11 is 0. The third-order valence-corrected chi connectivity index (χ3v) is 1.92. The van der Waals surface area contributed by atoms with Crippen LogP contribution in [-0.2, 0) is 4.79 Å². The molecule has 0 fully saturated rings. The molecule has 0 aliphatic carbocycles. The van der Waals surface area contributed by atoms with Crippen molar-refractivity contribution in [3.63, 3.8) is 0 Å². The Kier molecular flexibility index (Phi) is 4.72. The van der Waals surface area contributed by atoms with Gasteiger partial charge < -0.3 is 15.8 Å². The molecule has 1 rings (SSSR count). The molecule has 0 saturated heterocycles. The van der Waals surface area contributed by atoms with Crippen molar-refractivity contribution in [3.8, 4) is 5.75 Å². The molecule has 1 unspecified atom stereocenters. The highest BCUT2D eigenvalue weighted by Crippen LogP contribution is 2.12. The maximum atomic E-state index is 12.6. The van der Waals surface area contributed by atoms with Crippen LogP contribution in [0.15, 0.2) is 24.3 Å². The van der Waals surface area contributed by atoms with E-state index in [0.29, 0.717) is 12.3 Å². The topological polar surface area (TPSA) is 64.4 Å². The van der Waals surface area contributed by atoms with Crippen LogP contribution in [0.2, 0.25) is 0 Å². The predicted octanol–water partition coefficient (Wildman–Crippen LogP) is 0.668. The smallest absolute Gasteiger partial charge is 0.233 e. The van der Waals surface area contributed by atoms with Crippen LogP contribution in [0.3, 0.4) is 0 Å². The Hall–Kier alpha value is -1.62. The summed E-state index contributed by atoms with van der Waals surface area (Å²) in [6.07, 6.45) is -0.194. The summed E-state index contributed by atoms with van der Waals surface area (Å²) in [6.45, 7) is 2.14. The largest absolute Gasteiger partial charge is 0.489 e. The maximum Gasteiger partial charge on any atom is 0.233 e. The van der Waals surface area contributed by atoms with Gasteiger partial charge in [0.1, 0.15) is 17.7 Å². The molecule has 0 spiro atoms. The van der Waals surface area contributed by atoms with Crippen molar-refractivity contribution in [1.82, 2.24) is 5.32 Å². The fourth-order valence-corrected chi connectivity index (χ4v) is 1.12. The van der Waals surface area contributed by atoms with E-state index in [9.17, 15) is 9.18 Å². The molecule has 1 aromatic rings. The molecule has 88 valence electrons. The van der Waals surface area contributed by atoms with E-state index in [0.717, 1.165) is 0 Å². The molecular formula is C11H15FN2O2. The van der Waals surface area contributed by atoms with Crippen LogP contribution in [0.25, 0.3) is 0 Å². The molecule has 16 heavy (non-hydrogen) atoms. The fraction of sp³-hybridized carbons (Fsp3) is 0.364. The van der Waals surface area contributed by atoms with Crippen LogP contribution in [0.4, 0.5) is 4.39 Å². The van der Waals surface area contributed by atoms with Crippen LogP contribution < -0.4 is 15.8 Å². The molecule has 1 amide bonds. The zero-order chi connectivity index (χ0) is 12.0. The van der Waals surface area contributed by atoms with Crippen molar-refractivity contribution in [2.75, 3.05) is 13.1 Å². The number of rotatable bonds is 5. The van der Waals surface area contributed by atoms with E-state index in [2.05, 4.69) is 5.32 Å². The summed E-state index contributed by atoms with van der Waals surface area (Å²) in [7, 11) is 0. The summed E-state index contributed by atoms with van der Waals surface area (Å²) in [6, 6.07) is 5.72.